The highest BCUT2D eigenvalue weighted by atomic mass is 16.3. The molecule has 7 heteroatoms. The Labute approximate surface area is 158 Å². The molecule has 2 aromatic heterocycles. The summed E-state index contributed by atoms with van der Waals surface area (Å²) in [4.78, 5) is 8.65. The van der Waals surface area contributed by atoms with Crippen molar-refractivity contribution in [3.63, 3.8) is 0 Å². The maximum Gasteiger partial charge on any atom is 0.227 e. The summed E-state index contributed by atoms with van der Waals surface area (Å²) < 4.78 is 1.82. The molecule has 1 fully saturated rings. The van der Waals surface area contributed by atoms with Gasteiger partial charge in [0.15, 0.2) is 0 Å². The van der Waals surface area contributed by atoms with Crippen LogP contribution < -0.4 is 5.32 Å². The minimum atomic E-state index is -0.346. The summed E-state index contributed by atoms with van der Waals surface area (Å²) >= 11 is 0. The van der Waals surface area contributed by atoms with E-state index < -0.39 is 0 Å². The van der Waals surface area contributed by atoms with Gasteiger partial charge in [-0.3, -0.25) is 0 Å². The number of aliphatic hydroxyl groups is 1. The number of nitrogens with one attached hydrogen (secondary N) is 1. The standard InChI is InChI=1S/C20H24N6O/c1-13-9-15(11-16(10-13)23-20-21-8-7-14(2)22-20)17-12-26(25-24-17)18-5-3-4-6-19(18)27/h7-12,18-19,27H,3-6H2,1-2H3,(H,21,22,23)/t18-,19-/m1/s1. The van der Waals surface area contributed by atoms with Crippen LogP contribution in [0.25, 0.3) is 11.3 Å². The van der Waals surface area contributed by atoms with Gasteiger partial charge in [0.2, 0.25) is 5.95 Å². The molecule has 1 aromatic carbocycles. The average molecular weight is 364 g/mol. The normalized spacial score (nSPS) is 19.8. The number of aliphatic hydroxyl groups excluding tert-OH is 1. The van der Waals surface area contributed by atoms with Crippen molar-refractivity contribution in [3.05, 3.63) is 47.9 Å². The van der Waals surface area contributed by atoms with E-state index in [9.17, 15) is 5.11 Å². The zero-order chi connectivity index (χ0) is 18.8. The number of hydrogen-bond donors (Lipinski definition) is 2. The number of nitrogens with zero attached hydrogens (tertiary/aromatic N) is 5. The van der Waals surface area contributed by atoms with Crippen molar-refractivity contribution in [2.75, 3.05) is 5.32 Å². The van der Waals surface area contributed by atoms with E-state index in [2.05, 4.69) is 31.7 Å². The van der Waals surface area contributed by atoms with Gasteiger partial charge in [0.05, 0.1) is 18.3 Å². The molecule has 2 atom stereocenters. The van der Waals surface area contributed by atoms with Crippen LogP contribution in [0.2, 0.25) is 0 Å². The molecule has 2 N–H and O–H groups in total. The van der Waals surface area contributed by atoms with Gasteiger partial charge in [-0.05, 0) is 56.5 Å². The lowest BCUT2D eigenvalue weighted by molar-refractivity contribution is 0.0685. The number of hydrogen-bond acceptors (Lipinski definition) is 6. The van der Waals surface area contributed by atoms with Gasteiger partial charge < -0.3 is 10.4 Å². The summed E-state index contributed by atoms with van der Waals surface area (Å²) in [5.74, 6) is 0.570. The van der Waals surface area contributed by atoms with Gasteiger partial charge in [-0.2, -0.15) is 0 Å². The molecule has 0 amide bonds. The minimum absolute atomic E-state index is 0.0168. The van der Waals surface area contributed by atoms with Crippen molar-refractivity contribution < 1.29 is 5.11 Å². The predicted molar refractivity (Wildman–Crippen MR) is 104 cm³/mol. The molecule has 0 bridgehead atoms. The molecule has 2 heterocycles. The van der Waals surface area contributed by atoms with Gasteiger partial charge >= 0.3 is 0 Å². The Bertz CT molecular complexity index is 938. The van der Waals surface area contributed by atoms with E-state index in [-0.39, 0.29) is 12.1 Å². The largest absolute Gasteiger partial charge is 0.391 e. The first-order valence-electron chi connectivity index (χ1n) is 9.37. The second-order valence-electron chi connectivity index (χ2n) is 7.24. The van der Waals surface area contributed by atoms with Gasteiger partial charge in [-0.1, -0.05) is 18.1 Å². The van der Waals surface area contributed by atoms with E-state index in [4.69, 9.17) is 0 Å². The minimum Gasteiger partial charge on any atom is -0.391 e. The van der Waals surface area contributed by atoms with Crippen molar-refractivity contribution in [3.8, 4) is 11.3 Å². The van der Waals surface area contributed by atoms with Gasteiger partial charge in [-0.15, -0.1) is 5.10 Å². The van der Waals surface area contributed by atoms with Crippen molar-refractivity contribution in [1.82, 2.24) is 25.0 Å². The SMILES string of the molecule is Cc1cc(Nc2nccc(C)n2)cc(-c2cn([C@@H]3CCCC[C@H]3O)nn2)c1. The van der Waals surface area contributed by atoms with Crippen LogP contribution in [-0.2, 0) is 0 Å². The fourth-order valence-corrected chi connectivity index (χ4v) is 3.61. The first-order chi connectivity index (χ1) is 13.1. The molecule has 1 aliphatic carbocycles. The number of aromatic nitrogens is 5. The van der Waals surface area contributed by atoms with Crippen LogP contribution in [0.1, 0.15) is 43.0 Å². The lowest BCUT2D eigenvalue weighted by Crippen LogP contribution is -2.27. The summed E-state index contributed by atoms with van der Waals surface area (Å²) in [7, 11) is 0. The Morgan fingerprint density at radius 1 is 1.15 bits per heavy atom. The van der Waals surface area contributed by atoms with Crippen molar-refractivity contribution in [2.45, 2.75) is 51.7 Å². The maximum absolute atomic E-state index is 10.3. The first-order valence-corrected chi connectivity index (χ1v) is 9.37. The molecular weight excluding hydrogens is 340 g/mol. The van der Waals surface area contributed by atoms with E-state index in [1.165, 1.54) is 0 Å². The molecule has 1 saturated carbocycles. The molecule has 0 saturated heterocycles. The fourth-order valence-electron chi connectivity index (χ4n) is 3.61. The Kier molecular flexibility index (Phi) is 4.85. The van der Waals surface area contributed by atoms with Crippen LogP contribution in [0, 0.1) is 13.8 Å². The highest BCUT2D eigenvalue weighted by molar-refractivity contribution is 5.68. The summed E-state index contributed by atoms with van der Waals surface area (Å²) in [6.45, 7) is 3.98. The van der Waals surface area contributed by atoms with Gasteiger partial charge in [0.25, 0.3) is 0 Å². The fraction of sp³-hybridized carbons (Fsp3) is 0.400. The third-order valence-corrected chi connectivity index (χ3v) is 4.97. The zero-order valence-electron chi connectivity index (χ0n) is 15.6. The van der Waals surface area contributed by atoms with Gasteiger partial charge in [-0.25, -0.2) is 14.6 Å². The van der Waals surface area contributed by atoms with Crippen LogP contribution in [0.15, 0.2) is 36.7 Å². The topological polar surface area (TPSA) is 88.8 Å². The summed E-state index contributed by atoms with van der Waals surface area (Å²) in [6.07, 6.45) is 7.29. The molecule has 0 spiro atoms. The lowest BCUT2D eigenvalue weighted by atomic mass is 9.93. The molecule has 1 aliphatic rings. The predicted octanol–water partition coefficient (Wildman–Crippen LogP) is 3.57. The molecule has 140 valence electrons. The molecule has 3 aromatic rings. The lowest BCUT2D eigenvalue weighted by Gasteiger charge is -2.27. The summed E-state index contributed by atoms with van der Waals surface area (Å²) in [5, 5.41) is 22.1. The molecule has 0 aliphatic heterocycles. The second-order valence-corrected chi connectivity index (χ2v) is 7.24. The smallest absolute Gasteiger partial charge is 0.227 e. The van der Waals surface area contributed by atoms with E-state index in [0.29, 0.717) is 5.95 Å². The summed E-state index contributed by atoms with van der Waals surface area (Å²) in [6, 6.07) is 8.02. The Morgan fingerprint density at radius 3 is 2.81 bits per heavy atom. The van der Waals surface area contributed by atoms with Crippen molar-refractivity contribution in [2.24, 2.45) is 0 Å². The maximum atomic E-state index is 10.3. The Hall–Kier alpha value is -2.80. The van der Waals surface area contributed by atoms with Crippen LogP contribution in [0.4, 0.5) is 11.6 Å². The summed E-state index contributed by atoms with van der Waals surface area (Å²) in [5.41, 5.74) is 4.69. The molecular formula is C20H24N6O. The third kappa shape index (κ3) is 3.98. The quantitative estimate of drug-likeness (QED) is 0.736. The second kappa shape index (κ2) is 7.44. The molecule has 0 unspecified atom stereocenters. The van der Waals surface area contributed by atoms with Crippen molar-refractivity contribution >= 4 is 11.6 Å². The highest BCUT2D eigenvalue weighted by Gasteiger charge is 2.25. The molecule has 27 heavy (non-hydrogen) atoms. The third-order valence-electron chi connectivity index (χ3n) is 4.97. The number of benzene rings is 1. The Balaban J connectivity index is 1.60. The molecule has 4 rings (SSSR count). The van der Waals surface area contributed by atoms with Crippen LogP contribution in [0.5, 0.6) is 0 Å². The van der Waals surface area contributed by atoms with Crippen LogP contribution >= 0.6 is 0 Å². The van der Waals surface area contributed by atoms with E-state index in [1.807, 2.05) is 42.9 Å². The van der Waals surface area contributed by atoms with E-state index in [1.54, 1.807) is 6.20 Å². The number of rotatable bonds is 4. The zero-order valence-corrected chi connectivity index (χ0v) is 15.6. The highest BCUT2D eigenvalue weighted by Crippen LogP contribution is 2.30. The molecule has 7 nitrogen and oxygen atoms in total. The van der Waals surface area contributed by atoms with Gasteiger partial charge in [0, 0.05) is 23.1 Å². The molecule has 0 radical (unpaired) electrons. The Morgan fingerprint density at radius 2 is 2.00 bits per heavy atom. The van der Waals surface area contributed by atoms with Crippen LogP contribution in [-0.4, -0.2) is 36.2 Å². The monoisotopic (exact) mass is 364 g/mol. The average Bonchev–Trinajstić information content (AvgIpc) is 3.11. The number of anilines is 2. The van der Waals surface area contributed by atoms with Crippen molar-refractivity contribution in [1.29, 1.82) is 0 Å². The van der Waals surface area contributed by atoms with E-state index in [0.717, 1.165) is 53.9 Å². The van der Waals surface area contributed by atoms with Crippen LogP contribution in [0.3, 0.4) is 0 Å². The number of aryl methyl sites for hydroxylation is 2. The van der Waals surface area contributed by atoms with Gasteiger partial charge in [0.1, 0.15) is 5.69 Å². The van der Waals surface area contributed by atoms with E-state index >= 15 is 0 Å². The first kappa shape index (κ1) is 17.6.